The first kappa shape index (κ1) is 29.8. The highest BCUT2D eigenvalue weighted by atomic mass is 35.5. The topological polar surface area (TPSA) is 61.4 Å². The summed E-state index contributed by atoms with van der Waals surface area (Å²) in [5.74, 6) is 0.186. The minimum absolute atomic E-state index is 0.141. The molecule has 3 N–H and O–H groups in total. The largest absolute Gasteiger partial charge is 0.516 e. The predicted octanol–water partition coefficient (Wildman–Crippen LogP) is 8.48. The van der Waals surface area contributed by atoms with E-state index in [9.17, 15) is 4.79 Å². The van der Waals surface area contributed by atoms with Gasteiger partial charge in [-0.25, -0.2) is 0 Å². The fourth-order valence-corrected chi connectivity index (χ4v) is 4.50. The zero-order chi connectivity index (χ0) is 27.4. The number of anilines is 1. The SMILES string of the molecule is C=C(Nc1ccc(CC(C)NC(=C)c2c(Cl)cccc2Cl)cc1)c1ccccc1CCC(C)=O.C=CO. The molecule has 3 rings (SSSR count). The summed E-state index contributed by atoms with van der Waals surface area (Å²) in [6, 6.07) is 21.9. The van der Waals surface area contributed by atoms with E-state index in [0.29, 0.717) is 28.6 Å². The van der Waals surface area contributed by atoms with Gasteiger partial charge in [0.25, 0.3) is 0 Å². The second-order valence-electron chi connectivity index (χ2n) is 8.67. The van der Waals surface area contributed by atoms with Crippen molar-refractivity contribution in [2.45, 2.75) is 39.2 Å². The van der Waals surface area contributed by atoms with Crippen molar-refractivity contribution >= 4 is 46.1 Å². The van der Waals surface area contributed by atoms with Gasteiger partial charge in [-0.05, 0) is 62.1 Å². The van der Waals surface area contributed by atoms with Gasteiger partial charge in [-0.2, -0.15) is 0 Å². The Morgan fingerprint density at radius 3 is 2.16 bits per heavy atom. The van der Waals surface area contributed by atoms with Crippen molar-refractivity contribution in [3.63, 3.8) is 0 Å². The third-order valence-corrected chi connectivity index (χ3v) is 6.20. The number of carbonyl (C=O) groups excluding carboxylic acids is 1. The minimum Gasteiger partial charge on any atom is -0.516 e. The molecule has 1 unspecified atom stereocenters. The van der Waals surface area contributed by atoms with Crippen molar-refractivity contribution in [2.75, 3.05) is 5.32 Å². The molecule has 0 bridgehead atoms. The van der Waals surface area contributed by atoms with Crippen LogP contribution in [0.25, 0.3) is 11.4 Å². The van der Waals surface area contributed by atoms with Crippen molar-refractivity contribution < 1.29 is 9.90 Å². The van der Waals surface area contributed by atoms with E-state index < -0.39 is 0 Å². The van der Waals surface area contributed by atoms with Gasteiger partial charge in [0.2, 0.25) is 0 Å². The maximum absolute atomic E-state index is 11.4. The number of hydrogen-bond donors (Lipinski definition) is 3. The van der Waals surface area contributed by atoms with E-state index in [-0.39, 0.29) is 11.8 Å². The molecule has 0 saturated heterocycles. The lowest BCUT2D eigenvalue weighted by Gasteiger charge is -2.19. The maximum atomic E-state index is 11.4. The third kappa shape index (κ3) is 9.49. The Labute approximate surface area is 230 Å². The zero-order valence-corrected chi connectivity index (χ0v) is 22.9. The number of benzene rings is 3. The van der Waals surface area contributed by atoms with Crippen LogP contribution in [0, 0.1) is 0 Å². The summed E-state index contributed by atoms with van der Waals surface area (Å²) in [5, 5.41) is 15.3. The van der Waals surface area contributed by atoms with Gasteiger partial charge in [-0.1, -0.05) is 85.4 Å². The summed E-state index contributed by atoms with van der Waals surface area (Å²) in [5.41, 5.74) is 6.56. The van der Waals surface area contributed by atoms with Crippen LogP contribution in [0.5, 0.6) is 0 Å². The van der Waals surface area contributed by atoms with E-state index in [1.807, 2.05) is 54.6 Å². The number of aliphatic hydroxyl groups is 1. The molecule has 37 heavy (non-hydrogen) atoms. The fraction of sp³-hybridized carbons (Fsp3) is 0.194. The normalized spacial score (nSPS) is 10.9. The van der Waals surface area contributed by atoms with Gasteiger partial charge in [0, 0.05) is 40.7 Å². The molecule has 0 spiro atoms. The van der Waals surface area contributed by atoms with Crippen molar-refractivity contribution in [2.24, 2.45) is 0 Å². The number of ketones is 1. The van der Waals surface area contributed by atoms with Crippen molar-refractivity contribution in [3.05, 3.63) is 125 Å². The summed E-state index contributed by atoms with van der Waals surface area (Å²) in [6.07, 6.45) is 2.80. The molecule has 194 valence electrons. The second-order valence-corrected chi connectivity index (χ2v) is 9.48. The van der Waals surface area contributed by atoms with Crippen LogP contribution in [0.15, 0.2) is 92.7 Å². The van der Waals surface area contributed by atoms with Gasteiger partial charge in [0.15, 0.2) is 0 Å². The van der Waals surface area contributed by atoms with E-state index in [2.05, 4.69) is 49.4 Å². The lowest BCUT2D eigenvalue weighted by molar-refractivity contribution is -0.116. The van der Waals surface area contributed by atoms with E-state index in [1.54, 1.807) is 6.92 Å². The Bertz CT molecular complexity index is 1220. The smallest absolute Gasteiger partial charge is 0.130 e. The summed E-state index contributed by atoms with van der Waals surface area (Å²) in [7, 11) is 0. The highest BCUT2D eigenvalue weighted by molar-refractivity contribution is 6.37. The van der Waals surface area contributed by atoms with Crippen LogP contribution in [0.1, 0.15) is 42.5 Å². The number of nitrogens with one attached hydrogen (secondary N) is 2. The third-order valence-electron chi connectivity index (χ3n) is 5.57. The van der Waals surface area contributed by atoms with Crippen LogP contribution in [-0.2, 0) is 17.6 Å². The average molecular weight is 538 g/mol. The molecule has 0 fully saturated rings. The Morgan fingerprint density at radius 2 is 1.57 bits per heavy atom. The van der Waals surface area contributed by atoms with E-state index in [0.717, 1.165) is 40.8 Å². The Kier molecular flexibility index (Phi) is 12.0. The number of carbonyl (C=O) groups is 1. The van der Waals surface area contributed by atoms with Crippen LogP contribution in [0.2, 0.25) is 10.0 Å². The van der Waals surface area contributed by atoms with Gasteiger partial charge in [0.05, 0.1) is 16.3 Å². The molecule has 0 radical (unpaired) electrons. The first-order chi connectivity index (χ1) is 17.7. The molecule has 0 heterocycles. The Morgan fingerprint density at radius 1 is 0.973 bits per heavy atom. The van der Waals surface area contributed by atoms with Gasteiger partial charge in [0.1, 0.15) is 5.78 Å². The van der Waals surface area contributed by atoms with Gasteiger partial charge in [-0.15, -0.1) is 0 Å². The molecule has 3 aromatic carbocycles. The van der Waals surface area contributed by atoms with Crippen LogP contribution >= 0.6 is 23.2 Å². The number of hydrogen-bond acceptors (Lipinski definition) is 4. The Hall–Kier alpha value is -3.47. The quantitative estimate of drug-likeness (QED) is 0.215. The molecule has 0 saturated carbocycles. The number of rotatable bonds is 11. The summed E-state index contributed by atoms with van der Waals surface area (Å²) >= 11 is 12.6. The molecule has 0 amide bonds. The molecule has 1 atom stereocenters. The number of halogens is 2. The first-order valence-electron chi connectivity index (χ1n) is 11.9. The van der Waals surface area contributed by atoms with E-state index >= 15 is 0 Å². The van der Waals surface area contributed by atoms with Crippen molar-refractivity contribution in [1.29, 1.82) is 0 Å². The number of aryl methyl sites for hydroxylation is 1. The molecule has 4 nitrogen and oxygen atoms in total. The zero-order valence-electron chi connectivity index (χ0n) is 21.4. The fourth-order valence-electron chi connectivity index (χ4n) is 3.87. The van der Waals surface area contributed by atoms with Crippen molar-refractivity contribution in [1.82, 2.24) is 5.32 Å². The molecule has 0 aliphatic rings. The monoisotopic (exact) mass is 536 g/mol. The lowest BCUT2D eigenvalue weighted by atomic mass is 9.99. The lowest BCUT2D eigenvalue weighted by Crippen LogP contribution is -2.26. The average Bonchev–Trinajstić information content (AvgIpc) is 2.84. The summed E-state index contributed by atoms with van der Waals surface area (Å²) in [4.78, 5) is 11.4. The molecule has 0 aromatic heterocycles. The highest BCUT2D eigenvalue weighted by Gasteiger charge is 2.12. The minimum atomic E-state index is 0.141. The molecule has 0 aliphatic carbocycles. The predicted molar refractivity (Wildman–Crippen MR) is 159 cm³/mol. The molecular formula is C31H34Cl2N2O2. The van der Waals surface area contributed by atoms with Crippen LogP contribution in [-0.4, -0.2) is 16.9 Å². The first-order valence-corrected chi connectivity index (χ1v) is 12.7. The van der Waals surface area contributed by atoms with Gasteiger partial charge in [-0.3, -0.25) is 0 Å². The van der Waals surface area contributed by atoms with E-state index in [4.69, 9.17) is 28.3 Å². The van der Waals surface area contributed by atoms with Crippen LogP contribution < -0.4 is 10.6 Å². The highest BCUT2D eigenvalue weighted by Crippen LogP contribution is 2.29. The molecule has 6 heteroatoms. The standard InChI is InChI=1S/C29H30Cl2N2O.C2H4O/c1-19(32-22(4)29-27(30)10-7-11-28(29)31)18-23-13-16-25(17-14-23)33-21(3)26-9-6-5-8-24(26)15-12-20(2)34;1-2-3/h5-11,13-14,16-17,19,32-33H,3-4,12,15,18H2,1-2H3;2-3H,1H2. The molecular weight excluding hydrogens is 503 g/mol. The van der Waals surface area contributed by atoms with Crippen molar-refractivity contribution in [3.8, 4) is 0 Å². The number of Topliss-reactive ketones (excluding diaryl/α,β-unsaturated/α-hetero) is 1. The van der Waals surface area contributed by atoms with E-state index in [1.165, 1.54) is 5.56 Å². The maximum Gasteiger partial charge on any atom is 0.130 e. The summed E-state index contributed by atoms with van der Waals surface area (Å²) < 4.78 is 0. The van der Waals surface area contributed by atoms with Crippen LogP contribution in [0.3, 0.4) is 0 Å². The second kappa shape index (κ2) is 14.9. The van der Waals surface area contributed by atoms with Gasteiger partial charge < -0.3 is 20.5 Å². The Balaban J connectivity index is 0.00000153. The molecule has 0 aliphatic heterocycles. The van der Waals surface area contributed by atoms with Gasteiger partial charge >= 0.3 is 0 Å². The summed E-state index contributed by atoms with van der Waals surface area (Å²) in [6.45, 7) is 15.0. The van der Waals surface area contributed by atoms with Crippen LogP contribution in [0.4, 0.5) is 5.69 Å². The molecule has 3 aromatic rings. The number of aliphatic hydroxyl groups excluding tert-OH is 1.